The van der Waals surface area contributed by atoms with E-state index in [2.05, 4.69) is 17.2 Å². The summed E-state index contributed by atoms with van der Waals surface area (Å²) in [5.41, 5.74) is 4.04. The van der Waals surface area contributed by atoms with Crippen LogP contribution in [-0.4, -0.2) is 35.7 Å². The minimum absolute atomic E-state index is 0.0188. The highest BCUT2D eigenvalue weighted by atomic mass is 19.1. The van der Waals surface area contributed by atoms with Crippen molar-refractivity contribution in [1.29, 1.82) is 0 Å². The molecular formula is C27H23FN2O5. The van der Waals surface area contributed by atoms with Gasteiger partial charge in [0.15, 0.2) is 0 Å². The quantitative estimate of drug-likeness (QED) is 0.401. The van der Waals surface area contributed by atoms with Crippen molar-refractivity contribution in [2.45, 2.75) is 18.4 Å². The zero-order valence-electron chi connectivity index (χ0n) is 18.7. The van der Waals surface area contributed by atoms with E-state index in [0.717, 1.165) is 28.3 Å². The third kappa shape index (κ3) is 5.06. The Morgan fingerprint density at radius 2 is 1.66 bits per heavy atom. The van der Waals surface area contributed by atoms with Gasteiger partial charge in [0, 0.05) is 11.5 Å². The number of hydrogen-bond donors (Lipinski definition) is 3. The minimum Gasteiger partial charge on any atom is -0.480 e. The number of amides is 2. The maximum Gasteiger partial charge on any atom is 0.411 e. The highest BCUT2D eigenvalue weighted by molar-refractivity contribution is 5.97. The average molecular weight is 474 g/mol. The Balaban J connectivity index is 1.40. The summed E-state index contributed by atoms with van der Waals surface area (Å²) in [6.07, 6.45) is 0.548. The number of carbonyl (C=O) groups is 3. The Labute approximate surface area is 201 Å². The summed E-state index contributed by atoms with van der Waals surface area (Å²) in [5, 5.41) is 13.8. The maximum absolute atomic E-state index is 14.6. The van der Waals surface area contributed by atoms with Gasteiger partial charge in [0.2, 0.25) is 0 Å². The molecule has 1 aliphatic rings. The van der Waals surface area contributed by atoms with Crippen LogP contribution in [-0.2, 0) is 9.53 Å². The van der Waals surface area contributed by atoms with E-state index in [-0.39, 0.29) is 30.2 Å². The van der Waals surface area contributed by atoms with E-state index in [0.29, 0.717) is 0 Å². The van der Waals surface area contributed by atoms with E-state index in [1.54, 1.807) is 0 Å². The predicted octanol–water partition coefficient (Wildman–Crippen LogP) is 4.95. The average Bonchev–Trinajstić information content (AvgIpc) is 3.17. The van der Waals surface area contributed by atoms with Gasteiger partial charge in [-0.1, -0.05) is 54.6 Å². The van der Waals surface area contributed by atoms with Crippen molar-refractivity contribution in [3.8, 4) is 11.1 Å². The molecule has 0 saturated heterocycles. The topological polar surface area (TPSA) is 105 Å². The fourth-order valence-corrected chi connectivity index (χ4v) is 4.13. The molecule has 0 saturated carbocycles. The zero-order chi connectivity index (χ0) is 24.9. The molecule has 178 valence electrons. The second kappa shape index (κ2) is 10.2. The van der Waals surface area contributed by atoms with Crippen LogP contribution in [0.25, 0.3) is 11.1 Å². The van der Waals surface area contributed by atoms with Gasteiger partial charge in [-0.15, -0.1) is 6.58 Å². The summed E-state index contributed by atoms with van der Waals surface area (Å²) in [7, 11) is 0. The van der Waals surface area contributed by atoms with Gasteiger partial charge in [0.1, 0.15) is 18.5 Å². The lowest BCUT2D eigenvalue weighted by atomic mass is 9.98. The molecule has 2 amide bonds. The third-order valence-electron chi connectivity index (χ3n) is 5.82. The number of anilines is 1. The van der Waals surface area contributed by atoms with Gasteiger partial charge in [-0.2, -0.15) is 0 Å². The standard InChI is InChI=1S/C27H23FN2O5/c1-2-7-24(26(32)33)29-25(31)16-12-13-23(22(28)14-16)30-27(34)35-15-21-19-10-5-3-8-17(19)18-9-4-6-11-20(18)21/h2-6,8-14,21,24H,1,7,15H2,(H,29,31)(H,30,34)(H,32,33). The first-order valence-electron chi connectivity index (χ1n) is 10.9. The first-order chi connectivity index (χ1) is 16.9. The molecule has 0 heterocycles. The largest absolute Gasteiger partial charge is 0.480 e. The normalized spacial score (nSPS) is 12.7. The van der Waals surface area contributed by atoms with Crippen molar-refractivity contribution in [3.05, 3.63) is 102 Å². The Bertz CT molecular complexity index is 1260. The summed E-state index contributed by atoms with van der Waals surface area (Å²) in [5.74, 6) is -2.98. The summed E-state index contributed by atoms with van der Waals surface area (Å²) in [6, 6.07) is 18.1. The van der Waals surface area contributed by atoms with Crippen LogP contribution in [0, 0.1) is 5.82 Å². The van der Waals surface area contributed by atoms with Gasteiger partial charge in [0.05, 0.1) is 5.69 Å². The van der Waals surface area contributed by atoms with Crippen molar-refractivity contribution in [1.82, 2.24) is 5.32 Å². The number of carboxylic acid groups (broad SMARTS) is 1. The van der Waals surface area contributed by atoms with Crippen molar-refractivity contribution in [3.63, 3.8) is 0 Å². The molecule has 0 radical (unpaired) electrons. The molecule has 3 N–H and O–H groups in total. The number of hydrogen-bond acceptors (Lipinski definition) is 4. The summed E-state index contributed by atoms with van der Waals surface area (Å²) < 4.78 is 20.0. The molecule has 3 aromatic carbocycles. The molecule has 0 fully saturated rings. The van der Waals surface area contributed by atoms with E-state index in [4.69, 9.17) is 9.84 Å². The lowest BCUT2D eigenvalue weighted by molar-refractivity contribution is -0.139. The molecule has 1 unspecified atom stereocenters. The van der Waals surface area contributed by atoms with Crippen molar-refractivity contribution in [2.24, 2.45) is 0 Å². The van der Waals surface area contributed by atoms with E-state index >= 15 is 0 Å². The molecular weight excluding hydrogens is 451 g/mol. The summed E-state index contributed by atoms with van der Waals surface area (Å²) >= 11 is 0. The molecule has 4 rings (SSSR count). The van der Waals surface area contributed by atoms with Crippen LogP contribution in [0.15, 0.2) is 79.4 Å². The second-order valence-corrected chi connectivity index (χ2v) is 8.03. The summed E-state index contributed by atoms with van der Waals surface area (Å²) in [4.78, 5) is 35.9. The van der Waals surface area contributed by atoms with Gasteiger partial charge in [-0.3, -0.25) is 10.1 Å². The van der Waals surface area contributed by atoms with Crippen LogP contribution >= 0.6 is 0 Å². The number of carboxylic acids is 1. The van der Waals surface area contributed by atoms with E-state index in [1.807, 2.05) is 48.5 Å². The molecule has 1 atom stereocenters. The van der Waals surface area contributed by atoms with Gasteiger partial charge in [0.25, 0.3) is 5.91 Å². The number of aliphatic carboxylic acids is 1. The van der Waals surface area contributed by atoms with E-state index in [1.165, 1.54) is 18.2 Å². The number of fused-ring (bicyclic) bond motifs is 3. The molecule has 0 bridgehead atoms. The smallest absolute Gasteiger partial charge is 0.411 e. The molecule has 8 heteroatoms. The van der Waals surface area contributed by atoms with E-state index in [9.17, 15) is 18.8 Å². The van der Waals surface area contributed by atoms with E-state index < -0.39 is 29.8 Å². The monoisotopic (exact) mass is 474 g/mol. The number of ether oxygens (including phenoxy) is 1. The molecule has 0 aliphatic heterocycles. The van der Waals surface area contributed by atoms with Crippen molar-refractivity contribution in [2.75, 3.05) is 11.9 Å². The predicted molar refractivity (Wildman–Crippen MR) is 129 cm³/mol. The first kappa shape index (κ1) is 23.7. The number of rotatable bonds is 8. The van der Waals surface area contributed by atoms with Crippen LogP contribution in [0.2, 0.25) is 0 Å². The van der Waals surface area contributed by atoms with Crippen LogP contribution in [0.5, 0.6) is 0 Å². The van der Waals surface area contributed by atoms with Crippen LogP contribution in [0.3, 0.4) is 0 Å². The highest BCUT2D eigenvalue weighted by Crippen LogP contribution is 2.44. The number of benzene rings is 3. The lowest BCUT2D eigenvalue weighted by Gasteiger charge is -2.15. The molecule has 7 nitrogen and oxygen atoms in total. The minimum atomic E-state index is -1.23. The van der Waals surface area contributed by atoms with Crippen molar-refractivity contribution >= 4 is 23.7 Å². The fourth-order valence-electron chi connectivity index (χ4n) is 4.13. The number of halogens is 1. The Kier molecular flexibility index (Phi) is 6.91. The second-order valence-electron chi connectivity index (χ2n) is 8.03. The first-order valence-corrected chi connectivity index (χ1v) is 10.9. The van der Waals surface area contributed by atoms with Crippen molar-refractivity contribution < 1.29 is 28.6 Å². The molecule has 35 heavy (non-hydrogen) atoms. The zero-order valence-corrected chi connectivity index (χ0v) is 18.7. The Morgan fingerprint density at radius 1 is 1.03 bits per heavy atom. The maximum atomic E-state index is 14.6. The van der Waals surface area contributed by atoms with Crippen LogP contribution < -0.4 is 10.6 Å². The Hall–Kier alpha value is -4.46. The fraction of sp³-hybridized carbons (Fsp3) is 0.148. The van der Waals surface area contributed by atoms with Crippen LogP contribution in [0.4, 0.5) is 14.9 Å². The summed E-state index contributed by atoms with van der Waals surface area (Å²) in [6.45, 7) is 3.52. The van der Waals surface area contributed by atoms with Gasteiger partial charge in [-0.05, 0) is 46.9 Å². The molecule has 0 aromatic heterocycles. The molecule has 1 aliphatic carbocycles. The lowest BCUT2D eigenvalue weighted by Crippen LogP contribution is -2.40. The van der Waals surface area contributed by atoms with Gasteiger partial charge >= 0.3 is 12.1 Å². The van der Waals surface area contributed by atoms with Gasteiger partial charge in [-0.25, -0.2) is 14.0 Å². The number of carbonyl (C=O) groups excluding carboxylic acids is 2. The highest BCUT2D eigenvalue weighted by Gasteiger charge is 2.29. The Morgan fingerprint density at radius 3 is 2.23 bits per heavy atom. The van der Waals surface area contributed by atoms with Gasteiger partial charge < -0.3 is 15.2 Å². The number of nitrogens with one attached hydrogen (secondary N) is 2. The molecule has 0 spiro atoms. The third-order valence-corrected chi connectivity index (χ3v) is 5.82. The SMILES string of the molecule is C=CCC(NC(=O)c1ccc(NC(=O)OCC2c3ccccc3-c3ccccc32)c(F)c1)C(=O)O. The molecule has 3 aromatic rings. The van der Waals surface area contributed by atoms with Crippen LogP contribution in [0.1, 0.15) is 33.8 Å².